The van der Waals surface area contributed by atoms with Gasteiger partial charge in [-0.3, -0.25) is 15.0 Å². The fourth-order valence-corrected chi connectivity index (χ4v) is 2.92. The average molecular weight is 379 g/mol. The lowest BCUT2D eigenvalue weighted by Gasteiger charge is -2.31. The summed E-state index contributed by atoms with van der Waals surface area (Å²) < 4.78 is 0. The number of nitrogens with zero attached hydrogens (tertiary/aromatic N) is 4. The summed E-state index contributed by atoms with van der Waals surface area (Å²) in [4.78, 5) is 33.2. The minimum Gasteiger partial charge on any atom is -0.378 e. The molecule has 2 aromatic carbocycles. The number of amides is 2. The molecule has 28 heavy (non-hydrogen) atoms. The maximum Gasteiger partial charge on any atom is 0.290 e. The molecule has 1 N–H and O–H groups in total. The number of benzene rings is 2. The van der Waals surface area contributed by atoms with E-state index in [4.69, 9.17) is 0 Å². The number of hydrazine groups is 1. The van der Waals surface area contributed by atoms with Gasteiger partial charge in [-0.15, -0.1) is 0 Å². The number of para-hydroxylation sites is 1. The fraction of sp³-hybridized carbons (Fsp3) is 0.286. The van der Waals surface area contributed by atoms with E-state index in [0.717, 1.165) is 11.3 Å². The SMILES string of the molecule is CC1N=C(C(=O)N(C)Cc2ccc(N(C)C)cc2)NN(c2ccccc2)C1=O. The summed E-state index contributed by atoms with van der Waals surface area (Å²) in [5, 5.41) is 1.38. The Kier molecular flexibility index (Phi) is 5.63. The molecule has 1 aliphatic rings. The number of hydrogen-bond acceptors (Lipinski definition) is 5. The number of nitrogens with one attached hydrogen (secondary N) is 1. The molecule has 2 amide bonds. The van der Waals surface area contributed by atoms with Gasteiger partial charge in [-0.2, -0.15) is 0 Å². The van der Waals surface area contributed by atoms with Crippen molar-refractivity contribution in [2.24, 2.45) is 4.99 Å². The molecule has 0 bridgehead atoms. The van der Waals surface area contributed by atoms with Gasteiger partial charge in [-0.25, -0.2) is 10.0 Å². The van der Waals surface area contributed by atoms with Gasteiger partial charge in [0.15, 0.2) is 0 Å². The predicted octanol–water partition coefficient (Wildman–Crippen LogP) is 2.05. The minimum atomic E-state index is -0.631. The Morgan fingerprint density at radius 3 is 2.32 bits per heavy atom. The maximum atomic E-state index is 12.9. The number of rotatable bonds is 5. The predicted molar refractivity (Wildman–Crippen MR) is 111 cm³/mol. The first-order valence-electron chi connectivity index (χ1n) is 9.12. The Morgan fingerprint density at radius 1 is 1.07 bits per heavy atom. The van der Waals surface area contributed by atoms with E-state index in [0.29, 0.717) is 12.2 Å². The minimum absolute atomic E-state index is 0.156. The van der Waals surface area contributed by atoms with Gasteiger partial charge >= 0.3 is 0 Å². The van der Waals surface area contributed by atoms with Crippen LogP contribution < -0.4 is 15.3 Å². The standard InChI is InChI=1S/C21H25N5O2/c1-15-20(27)26(18-8-6-5-7-9-18)23-19(22-15)21(28)25(4)14-16-10-12-17(13-11-16)24(2)3/h5-13,15H,14H2,1-4H3,(H,22,23). The van der Waals surface area contributed by atoms with Crippen LogP contribution in [0.25, 0.3) is 0 Å². The highest BCUT2D eigenvalue weighted by molar-refractivity contribution is 6.39. The number of hydrogen-bond donors (Lipinski definition) is 1. The largest absolute Gasteiger partial charge is 0.378 e. The Morgan fingerprint density at radius 2 is 1.71 bits per heavy atom. The average Bonchev–Trinajstić information content (AvgIpc) is 2.70. The lowest BCUT2D eigenvalue weighted by molar-refractivity contribution is -0.124. The van der Waals surface area contributed by atoms with Crippen LogP contribution in [0, 0.1) is 0 Å². The van der Waals surface area contributed by atoms with Crippen LogP contribution in [0.4, 0.5) is 11.4 Å². The number of carbonyl (C=O) groups is 2. The highest BCUT2D eigenvalue weighted by Gasteiger charge is 2.31. The molecule has 0 aromatic heterocycles. The number of likely N-dealkylation sites (N-methyl/N-ethyl adjacent to an activating group) is 1. The van der Waals surface area contributed by atoms with Crippen LogP contribution in [0.5, 0.6) is 0 Å². The molecule has 7 nitrogen and oxygen atoms in total. The molecule has 1 unspecified atom stereocenters. The third-order valence-corrected chi connectivity index (χ3v) is 4.55. The number of carbonyl (C=O) groups excluding carboxylic acids is 2. The highest BCUT2D eigenvalue weighted by Crippen LogP contribution is 2.17. The second-order valence-corrected chi connectivity index (χ2v) is 7.00. The van der Waals surface area contributed by atoms with Crippen LogP contribution in [0.3, 0.4) is 0 Å². The highest BCUT2D eigenvalue weighted by atomic mass is 16.2. The van der Waals surface area contributed by atoms with Crippen molar-refractivity contribution in [3.63, 3.8) is 0 Å². The molecule has 0 radical (unpaired) electrons. The van der Waals surface area contributed by atoms with E-state index in [2.05, 4.69) is 10.4 Å². The zero-order chi connectivity index (χ0) is 20.3. The van der Waals surface area contributed by atoms with Crippen LogP contribution in [-0.4, -0.2) is 49.7 Å². The molecular weight excluding hydrogens is 354 g/mol. The Balaban J connectivity index is 1.73. The Hall–Kier alpha value is -3.35. The van der Waals surface area contributed by atoms with Crippen LogP contribution >= 0.6 is 0 Å². The van der Waals surface area contributed by atoms with Crippen molar-refractivity contribution in [3.05, 3.63) is 60.2 Å². The summed E-state index contributed by atoms with van der Waals surface area (Å²) in [6.07, 6.45) is 0. The first-order valence-corrected chi connectivity index (χ1v) is 9.12. The summed E-state index contributed by atoms with van der Waals surface area (Å²) in [7, 11) is 5.69. The van der Waals surface area contributed by atoms with Gasteiger partial charge in [-0.1, -0.05) is 30.3 Å². The zero-order valence-corrected chi connectivity index (χ0v) is 16.6. The molecule has 0 spiro atoms. The summed E-state index contributed by atoms with van der Waals surface area (Å²) >= 11 is 0. The van der Waals surface area contributed by atoms with E-state index >= 15 is 0 Å². The van der Waals surface area contributed by atoms with Crippen molar-refractivity contribution in [2.45, 2.75) is 19.5 Å². The molecule has 0 saturated heterocycles. The van der Waals surface area contributed by atoms with Crippen LogP contribution in [0.15, 0.2) is 59.6 Å². The molecule has 3 rings (SSSR count). The molecule has 146 valence electrons. The molecule has 0 aliphatic carbocycles. The second kappa shape index (κ2) is 8.12. The number of aliphatic imine (C=N–C) groups is 1. The van der Waals surface area contributed by atoms with E-state index in [1.165, 1.54) is 5.01 Å². The van der Waals surface area contributed by atoms with E-state index in [1.807, 2.05) is 61.5 Å². The molecule has 1 heterocycles. The van der Waals surface area contributed by atoms with E-state index in [-0.39, 0.29) is 17.6 Å². The van der Waals surface area contributed by atoms with E-state index < -0.39 is 6.04 Å². The zero-order valence-electron chi connectivity index (χ0n) is 16.6. The van der Waals surface area contributed by atoms with Crippen molar-refractivity contribution < 1.29 is 9.59 Å². The fourth-order valence-electron chi connectivity index (χ4n) is 2.92. The molecule has 0 fully saturated rings. The molecule has 7 heteroatoms. The van der Waals surface area contributed by atoms with Crippen molar-refractivity contribution in [1.29, 1.82) is 0 Å². The maximum absolute atomic E-state index is 12.9. The molecule has 2 aromatic rings. The Bertz CT molecular complexity index is 877. The van der Waals surface area contributed by atoms with Crippen LogP contribution in [0.1, 0.15) is 12.5 Å². The topological polar surface area (TPSA) is 68.2 Å². The van der Waals surface area contributed by atoms with Crippen molar-refractivity contribution in [2.75, 3.05) is 31.1 Å². The molecule has 0 saturated carbocycles. The van der Waals surface area contributed by atoms with Crippen LogP contribution in [-0.2, 0) is 16.1 Å². The van der Waals surface area contributed by atoms with Crippen molar-refractivity contribution >= 4 is 29.0 Å². The normalized spacial score (nSPS) is 16.3. The van der Waals surface area contributed by atoms with Crippen molar-refractivity contribution in [3.8, 4) is 0 Å². The quantitative estimate of drug-likeness (QED) is 0.863. The van der Waals surface area contributed by atoms with Crippen LogP contribution in [0.2, 0.25) is 0 Å². The summed E-state index contributed by atoms with van der Waals surface area (Å²) in [5.74, 6) is -0.315. The second-order valence-electron chi connectivity index (χ2n) is 7.00. The third kappa shape index (κ3) is 4.14. The van der Waals surface area contributed by atoms with Gasteiger partial charge in [0.1, 0.15) is 6.04 Å². The smallest absolute Gasteiger partial charge is 0.290 e. The van der Waals surface area contributed by atoms with Gasteiger partial charge in [0, 0.05) is 33.4 Å². The summed E-state index contributed by atoms with van der Waals surface area (Å²) in [5.41, 5.74) is 5.66. The lowest BCUT2D eigenvalue weighted by atomic mass is 10.2. The van der Waals surface area contributed by atoms with Crippen molar-refractivity contribution in [1.82, 2.24) is 10.3 Å². The van der Waals surface area contributed by atoms with Gasteiger partial charge < -0.3 is 9.80 Å². The third-order valence-electron chi connectivity index (χ3n) is 4.55. The van der Waals surface area contributed by atoms with Gasteiger partial charge in [0.25, 0.3) is 11.8 Å². The van der Waals surface area contributed by atoms with Gasteiger partial charge in [-0.05, 0) is 36.8 Å². The summed E-state index contributed by atoms with van der Waals surface area (Å²) in [6.45, 7) is 2.13. The number of amidine groups is 1. The molecule has 1 aliphatic heterocycles. The first-order chi connectivity index (χ1) is 13.4. The summed E-state index contributed by atoms with van der Waals surface area (Å²) in [6, 6.07) is 16.6. The molecular formula is C21H25N5O2. The monoisotopic (exact) mass is 379 g/mol. The van der Waals surface area contributed by atoms with Gasteiger partial charge in [0.05, 0.1) is 5.69 Å². The van der Waals surface area contributed by atoms with E-state index in [1.54, 1.807) is 31.0 Å². The van der Waals surface area contributed by atoms with E-state index in [9.17, 15) is 9.59 Å². The molecule has 1 atom stereocenters. The Labute approximate surface area is 165 Å². The number of anilines is 2. The lowest BCUT2D eigenvalue weighted by Crippen LogP contribution is -2.58. The van der Waals surface area contributed by atoms with Gasteiger partial charge in [0.2, 0.25) is 5.84 Å². The first kappa shape index (κ1) is 19.4.